The van der Waals surface area contributed by atoms with Crippen LogP contribution in [0.3, 0.4) is 0 Å². The van der Waals surface area contributed by atoms with Crippen LogP contribution in [-0.2, 0) is 4.74 Å². The van der Waals surface area contributed by atoms with Gasteiger partial charge < -0.3 is 4.74 Å². The van der Waals surface area contributed by atoms with Gasteiger partial charge in [-0.3, -0.25) is 0 Å². The minimum Gasteiger partial charge on any atom is -0.360 e. The minimum atomic E-state index is -0.0775. The van der Waals surface area contributed by atoms with Gasteiger partial charge in [-0.2, -0.15) is 0 Å². The molecule has 0 radical (unpaired) electrons. The van der Waals surface area contributed by atoms with Gasteiger partial charge in [0, 0.05) is 13.3 Å². The highest BCUT2D eigenvalue weighted by Crippen LogP contribution is 2.25. The van der Waals surface area contributed by atoms with E-state index < -0.39 is 0 Å². The molecule has 0 amide bonds. The van der Waals surface area contributed by atoms with Gasteiger partial charge in [0.15, 0.2) is 0 Å². The van der Waals surface area contributed by atoms with E-state index in [1.54, 1.807) is 13.4 Å². The van der Waals surface area contributed by atoms with E-state index in [0.29, 0.717) is 0 Å². The van der Waals surface area contributed by atoms with Gasteiger partial charge in [-0.05, 0) is 25.7 Å². The van der Waals surface area contributed by atoms with Crippen LogP contribution in [0, 0.1) is 5.92 Å². The molecular weight excluding hydrogens is 140 g/mol. The van der Waals surface area contributed by atoms with Crippen molar-refractivity contribution in [2.75, 3.05) is 7.11 Å². The fourth-order valence-electron chi connectivity index (χ4n) is 0.599. The van der Waals surface area contributed by atoms with Crippen LogP contribution in [0.1, 0.15) is 19.8 Å². The number of aliphatic imine (C=N–C) groups is 2. The van der Waals surface area contributed by atoms with Gasteiger partial charge in [-0.25, -0.2) is 9.98 Å². The minimum absolute atomic E-state index is 0.0775. The molecule has 3 heteroatoms. The number of hydrogen-bond donors (Lipinski definition) is 0. The lowest BCUT2D eigenvalue weighted by Gasteiger charge is -1.98. The lowest BCUT2D eigenvalue weighted by atomic mass is 10.5. The average Bonchev–Trinajstić information content (AvgIpc) is 2.81. The lowest BCUT2D eigenvalue weighted by Crippen LogP contribution is -1.99. The summed E-state index contributed by atoms with van der Waals surface area (Å²) < 4.78 is 4.90. The molecule has 1 unspecified atom stereocenters. The second kappa shape index (κ2) is 4.23. The van der Waals surface area contributed by atoms with E-state index in [2.05, 4.69) is 9.98 Å². The zero-order chi connectivity index (χ0) is 8.10. The number of methoxy groups -OCH3 is 1. The van der Waals surface area contributed by atoms with Crippen LogP contribution in [0.4, 0.5) is 0 Å². The fraction of sp³-hybridized carbons (Fsp3) is 0.750. The molecule has 0 aromatic carbocycles. The molecule has 1 aliphatic rings. The summed E-state index contributed by atoms with van der Waals surface area (Å²) in [6.07, 6.45) is 6.01. The summed E-state index contributed by atoms with van der Waals surface area (Å²) in [5.41, 5.74) is 0. The largest absolute Gasteiger partial charge is 0.360 e. The summed E-state index contributed by atoms with van der Waals surface area (Å²) in [4.78, 5) is 8.02. The van der Waals surface area contributed by atoms with Gasteiger partial charge in [0.1, 0.15) is 12.6 Å². The first-order valence-corrected chi connectivity index (χ1v) is 3.90. The molecule has 1 fully saturated rings. The summed E-state index contributed by atoms with van der Waals surface area (Å²) >= 11 is 0. The third-order valence-electron chi connectivity index (χ3n) is 1.60. The van der Waals surface area contributed by atoms with Gasteiger partial charge >= 0.3 is 0 Å². The van der Waals surface area contributed by atoms with E-state index >= 15 is 0 Å². The average molecular weight is 154 g/mol. The van der Waals surface area contributed by atoms with Crippen molar-refractivity contribution in [3.8, 4) is 0 Å². The summed E-state index contributed by atoms with van der Waals surface area (Å²) in [6.45, 7) is 1.88. The molecule has 0 aromatic rings. The van der Waals surface area contributed by atoms with Crippen LogP contribution in [0.25, 0.3) is 0 Å². The molecule has 11 heavy (non-hydrogen) atoms. The van der Waals surface area contributed by atoms with Crippen molar-refractivity contribution < 1.29 is 4.74 Å². The molecule has 3 nitrogen and oxygen atoms in total. The van der Waals surface area contributed by atoms with Crippen LogP contribution in [-0.4, -0.2) is 25.9 Å². The summed E-state index contributed by atoms with van der Waals surface area (Å²) in [5, 5.41) is 0. The van der Waals surface area contributed by atoms with E-state index in [0.717, 1.165) is 5.92 Å². The molecule has 1 rings (SSSR count). The van der Waals surface area contributed by atoms with E-state index in [4.69, 9.17) is 4.74 Å². The van der Waals surface area contributed by atoms with Crippen molar-refractivity contribution in [1.29, 1.82) is 0 Å². The molecular formula is C8H14N2O. The number of ether oxygens (including phenoxy) is 1. The van der Waals surface area contributed by atoms with Crippen LogP contribution in [0.2, 0.25) is 0 Å². The maximum Gasteiger partial charge on any atom is 0.146 e. The Morgan fingerprint density at radius 2 is 2.27 bits per heavy atom. The Hall–Kier alpha value is -0.700. The van der Waals surface area contributed by atoms with Crippen molar-refractivity contribution in [3.05, 3.63) is 0 Å². The van der Waals surface area contributed by atoms with Gasteiger partial charge in [0.25, 0.3) is 0 Å². The van der Waals surface area contributed by atoms with Crippen molar-refractivity contribution in [2.45, 2.75) is 26.0 Å². The van der Waals surface area contributed by atoms with Crippen LogP contribution in [0.15, 0.2) is 9.98 Å². The predicted molar refractivity (Wildman–Crippen MR) is 46.2 cm³/mol. The summed E-state index contributed by atoms with van der Waals surface area (Å²) in [5.74, 6) is 0.722. The topological polar surface area (TPSA) is 34.0 Å². The molecule has 0 aliphatic heterocycles. The molecule has 1 saturated carbocycles. The lowest BCUT2D eigenvalue weighted by molar-refractivity contribution is 0.126. The first-order chi connectivity index (χ1) is 5.33. The second-order valence-electron chi connectivity index (χ2n) is 2.74. The Labute approximate surface area is 67.2 Å². The monoisotopic (exact) mass is 154 g/mol. The highest BCUT2D eigenvalue weighted by molar-refractivity contribution is 5.75. The van der Waals surface area contributed by atoms with Crippen LogP contribution in [0.5, 0.6) is 0 Å². The SMILES string of the molecule is COC(C)N=CN=CC1CC1. The number of rotatable bonds is 4. The van der Waals surface area contributed by atoms with Crippen LogP contribution < -0.4 is 0 Å². The molecule has 0 N–H and O–H groups in total. The van der Waals surface area contributed by atoms with E-state index in [9.17, 15) is 0 Å². The number of hydrogen-bond acceptors (Lipinski definition) is 2. The Bertz CT molecular complexity index is 161. The first kappa shape index (κ1) is 8.40. The molecule has 0 bridgehead atoms. The molecule has 62 valence electrons. The summed E-state index contributed by atoms with van der Waals surface area (Å²) in [7, 11) is 1.63. The van der Waals surface area contributed by atoms with Crippen molar-refractivity contribution in [2.24, 2.45) is 15.9 Å². The van der Waals surface area contributed by atoms with Crippen molar-refractivity contribution in [3.63, 3.8) is 0 Å². The molecule has 1 atom stereocenters. The quantitative estimate of drug-likeness (QED) is 0.446. The maximum atomic E-state index is 4.90. The zero-order valence-electron chi connectivity index (χ0n) is 7.03. The number of nitrogens with zero attached hydrogens (tertiary/aromatic N) is 2. The van der Waals surface area contributed by atoms with E-state index in [-0.39, 0.29) is 6.23 Å². The summed E-state index contributed by atoms with van der Waals surface area (Å²) in [6, 6.07) is 0. The Morgan fingerprint density at radius 1 is 1.55 bits per heavy atom. The highest BCUT2D eigenvalue weighted by atomic mass is 16.5. The molecule has 0 aromatic heterocycles. The Morgan fingerprint density at radius 3 is 2.82 bits per heavy atom. The third-order valence-corrected chi connectivity index (χ3v) is 1.60. The standard InChI is InChI=1S/C8H14N2O/c1-7(11-2)10-6-9-5-8-3-4-8/h5-8H,3-4H2,1-2H3. The molecule has 1 aliphatic carbocycles. The van der Waals surface area contributed by atoms with E-state index in [1.165, 1.54) is 12.8 Å². The first-order valence-electron chi connectivity index (χ1n) is 3.90. The van der Waals surface area contributed by atoms with Crippen molar-refractivity contribution >= 4 is 12.6 Å². The zero-order valence-corrected chi connectivity index (χ0v) is 7.03. The Balaban J connectivity index is 2.12. The predicted octanol–water partition coefficient (Wildman–Crippen LogP) is 1.49. The molecule has 0 saturated heterocycles. The third kappa shape index (κ3) is 3.88. The smallest absolute Gasteiger partial charge is 0.146 e. The molecule has 0 spiro atoms. The van der Waals surface area contributed by atoms with Crippen LogP contribution >= 0.6 is 0 Å². The highest BCUT2D eigenvalue weighted by Gasteiger charge is 2.17. The van der Waals surface area contributed by atoms with Gasteiger partial charge in [0.2, 0.25) is 0 Å². The normalized spacial score (nSPS) is 21.6. The second-order valence-corrected chi connectivity index (χ2v) is 2.74. The van der Waals surface area contributed by atoms with Crippen molar-refractivity contribution in [1.82, 2.24) is 0 Å². The van der Waals surface area contributed by atoms with E-state index in [1.807, 2.05) is 13.1 Å². The van der Waals surface area contributed by atoms with Gasteiger partial charge in [-0.15, -0.1) is 0 Å². The fourth-order valence-corrected chi connectivity index (χ4v) is 0.599. The van der Waals surface area contributed by atoms with Gasteiger partial charge in [-0.1, -0.05) is 0 Å². The molecule has 0 heterocycles. The Kier molecular flexibility index (Phi) is 3.23. The van der Waals surface area contributed by atoms with Gasteiger partial charge in [0.05, 0.1) is 0 Å². The maximum absolute atomic E-state index is 4.90.